The molecule has 1 aromatic carbocycles. The average Bonchev–Trinajstić information content (AvgIpc) is 2.92. The van der Waals surface area contributed by atoms with E-state index in [9.17, 15) is 4.39 Å². The third-order valence-corrected chi connectivity index (χ3v) is 4.44. The predicted octanol–water partition coefficient (Wildman–Crippen LogP) is 5.28. The summed E-state index contributed by atoms with van der Waals surface area (Å²) in [5.41, 5.74) is 2.75. The summed E-state index contributed by atoms with van der Waals surface area (Å²) in [6, 6.07) is 5.32. The highest BCUT2D eigenvalue weighted by atomic mass is 79.9. The minimum atomic E-state index is -0.538. The van der Waals surface area contributed by atoms with Gasteiger partial charge in [0.2, 0.25) is 0 Å². The number of aromatic nitrogens is 2. The quantitative estimate of drug-likeness (QED) is 0.668. The molecule has 0 aliphatic heterocycles. The normalized spacial score (nSPS) is 12.6. The molecule has 0 bridgehead atoms. The maximum absolute atomic E-state index is 13.8. The van der Waals surface area contributed by atoms with Gasteiger partial charge in [0.25, 0.3) is 0 Å². The van der Waals surface area contributed by atoms with E-state index in [1.165, 1.54) is 7.11 Å². The number of fused-ring (bicyclic) bond motifs is 1. The van der Waals surface area contributed by atoms with Crippen LogP contribution in [0.15, 0.2) is 35.1 Å². The van der Waals surface area contributed by atoms with E-state index in [1.54, 1.807) is 18.3 Å². The highest BCUT2D eigenvalue weighted by Crippen LogP contribution is 2.35. The second-order valence-electron chi connectivity index (χ2n) is 5.03. The number of hydrogen-bond donors (Lipinski definition) is 1. The van der Waals surface area contributed by atoms with Gasteiger partial charge in [-0.25, -0.2) is 9.37 Å². The van der Waals surface area contributed by atoms with Gasteiger partial charge in [0.15, 0.2) is 11.6 Å². The van der Waals surface area contributed by atoms with Crippen molar-refractivity contribution in [3.05, 3.63) is 57.0 Å². The lowest BCUT2D eigenvalue weighted by atomic mass is 9.93. The summed E-state index contributed by atoms with van der Waals surface area (Å²) in [6.07, 6.45) is 3.66. The van der Waals surface area contributed by atoms with Gasteiger partial charge in [0.1, 0.15) is 5.65 Å². The molecule has 2 heterocycles. The molecule has 0 fully saturated rings. The van der Waals surface area contributed by atoms with Crippen LogP contribution in [-0.2, 0) is 0 Å². The Morgan fingerprint density at radius 3 is 2.86 bits per heavy atom. The Morgan fingerprint density at radius 2 is 2.14 bits per heavy atom. The number of halogens is 3. The number of aromatic amines is 1. The number of nitrogens with one attached hydrogen (secondary N) is 1. The molecular weight excluding hydrogens is 371 g/mol. The minimum Gasteiger partial charge on any atom is -0.494 e. The van der Waals surface area contributed by atoms with Gasteiger partial charge < -0.3 is 9.72 Å². The van der Waals surface area contributed by atoms with E-state index in [2.05, 4.69) is 25.9 Å². The molecule has 1 N–H and O–H groups in total. The van der Waals surface area contributed by atoms with Gasteiger partial charge in [0.05, 0.1) is 12.1 Å². The van der Waals surface area contributed by atoms with Crippen molar-refractivity contribution in [3.63, 3.8) is 0 Å². The molecule has 2 aromatic heterocycles. The zero-order valence-electron chi connectivity index (χ0n) is 12.0. The van der Waals surface area contributed by atoms with Gasteiger partial charge >= 0.3 is 0 Å². The van der Waals surface area contributed by atoms with Crippen LogP contribution in [0.1, 0.15) is 24.0 Å². The van der Waals surface area contributed by atoms with Crippen LogP contribution in [0.4, 0.5) is 4.39 Å². The van der Waals surface area contributed by atoms with Crippen molar-refractivity contribution < 1.29 is 9.13 Å². The Morgan fingerprint density at radius 1 is 1.36 bits per heavy atom. The zero-order valence-corrected chi connectivity index (χ0v) is 14.3. The molecule has 1 atom stereocenters. The predicted molar refractivity (Wildman–Crippen MR) is 89.3 cm³/mol. The first-order valence-electron chi connectivity index (χ1n) is 6.66. The number of methoxy groups -OCH3 is 1. The highest BCUT2D eigenvalue weighted by Gasteiger charge is 2.18. The van der Waals surface area contributed by atoms with E-state index < -0.39 is 5.82 Å². The average molecular weight is 384 g/mol. The Bertz CT molecular complexity index is 850. The first-order valence-corrected chi connectivity index (χ1v) is 7.83. The van der Waals surface area contributed by atoms with Crippen molar-refractivity contribution in [2.24, 2.45) is 0 Å². The molecule has 3 rings (SSSR count). The van der Waals surface area contributed by atoms with E-state index in [0.29, 0.717) is 0 Å². The van der Waals surface area contributed by atoms with Gasteiger partial charge in [-0.1, -0.05) is 18.5 Å². The number of rotatable bonds is 3. The van der Waals surface area contributed by atoms with Gasteiger partial charge in [-0.2, -0.15) is 0 Å². The van der Waals surface area contributed by atoms with Gasteiger partial charge in [-0.3, -0.25) is 0 Å². The Balaban J connectivity index is 2.11. The molecule has 0 saturated carbocycles. The zero-order chi connectivity index (χ0) is 15.9. The summed E-state index contributed by atoms with van der Waals surface area (Å²) in [7, 11) is 1.43. The Hall–Kier alpha value is -1.59. The van der Waals surface area contributed by atoms with Crippen LogP contribution in [0.2, 0.25) is 5.02 Å². The van der Waals surface area contributed by atoms with Crippen molar-refractivity contribution in [3.8, 4) is 5.75 Å². The first-order chi connectivity index (χ1) is 10.5. The summed E-state index contributed by atoms with van der Waals surface area (Å²) < 4.78 is 19.8. The number of ether oxygens (including phenoxy) is 1. The molecule has 0 spiro atoms. The van der Waals surface area contributed by atoms with Crippen molar-refractivity contribution in [1.29, 1.82) is 0 Å². The number of H-pyrrole nitrogens is 1. The molecule has 114 valence electrons. The monoisotopic (exact) mass is 382 g/mol. The standard InChI is InChI=1S/C16H13BrClFN2O/c1-8(9-3-13(18)15(19)14(4-9)22-2)12-7-21-16-11(12)5-10(17)6-20-16/h3-8H,1-2H3,(H,20,21)/t8-/m0/s1. The SMILES string of the molecule is COc1cc([C@H](C)c2c[nH]c3ncc(Br)cc23)cc(Cl)c1F. The Kier molecular flexibility index (Phi) is 4.10. The molecule has 0 amide bonds. The summed E-state index contributed by atoms with van der Waals surface area (Å²) in [5, 5.41) is 1.07. The fourth-order valence-electron chi connectivity index (χ4n) is 2.52. The minimum absolute atomic E-state index is 0.0110. The molecule has 22 heavy (non-hydrogen) atoms. The van der Waals surface area contributed by atoms with Gasteiger partial charge in [-0.15, -0.1) is 0 Å². The third-order valence-electron chi connectivity index (χ3n) is 3.73. The molecule has 0 saturated heterocycles. The maximum atomic E-state index is 13.8. The number of pyridine rings is 1. The summed E-state index contributed by atoms with van der Waals surface area (Å²) in [6.45, 7) is 2.03. The summed E-state index contributed by atoms with van der Waals surface area (Å²) in [5.74, 6) is -0.381. The second-order valence-corrected chi connectivity index (χ2v) is 6.36. The molecular formula is C16H13BrClFN2O. The summed E-state index contributed by atoms with van der Waals surface area (Å²) >= 11 is 9.40. The van der Waals surface area contributed by atoms with E-state index in [0.717, 1.165) is 26.6 Å². The van der Waals surface area contributed by atoms with Crippen LogP contribution in [0, 0.1) is 5.82 Å². The molecule has 6 heteroatoms. The fourth-order valence-corrected chi connectivity index (χ4v) is 3.07. The fraction of sp³-hybridized carbons (Fsp3) is 0.188. The van der Waals surface area contributed by atoms with Crippen LogP contribution in [-0.4, -0.2) is 17.1 Å². The lowest BCUT2D eigenvalue weighted by molar-refractivity contribution is 0.386. The topological polar surface area (TPSA) is 37.9 Å². The largest absolute Gasteiger partial charge is 0.494 e. The first kappa shape index (κ1) is 15.3. The van der Waals surface area contributed by atoms with Crippen molar-refractivity contribution in [1.82, 2.24) is 9.97 Å². The van der Waals surface area contributed by atoms with E-state index >= 15 is 0 Å². The molecule has 0 radical (unpaired) electrons. The lowest BCUT2D eigenvalue weighted by Gasteiger charge is -2.14. The van der Waals surface area contributed by atoms with Crippen LogP contribution < -0.4 is 4.74 Å². The van der Waals surface area contributed by atoms with E-state index in [4.69, 9.17) is 16.3 Å². The molecule has 0 unspecified atom stereocenters. The molecule has 3 aromatic rings. The number of nitrogens with zero attached hydrogens (tertiary/aromatic N) is 1. The highest BCUT2D eigenvalue weighted by molar-refractivity contribution is 9.10. The van der Waals surface area contributed by atoms with Crippen LogP contribution in [0.3, 0.4) is 0 Å². The van der Waals surface area contributed by atoms with Crippen molar-refractivity contribution in [2.45, 2.75) is 12.8 Å². The van der Waals surface area contributed by atoms with Crippen LogP contribution >= 0.6 is 27.5 Å². The van der Waals surface area contributed by atoms with E-state index in [1.807, 2.05) is 19.2 Å². The molecule has 3 nitrogen and oxygen atoms in total. The summed E-state index contributed by atoms with van der Waals surface area (Å²) in [4.78, 5) is 7.48. The van der Waals surface area contributed by atoms with Gasteiger partial charge in [-0.05, 0) is 45.3 Å². The Labute approximate surface area is 140 Å². The number of hydrogen-bond acceptors (Lipinski definition) is 2. The molecule has 0 aliphatic carbocycles. The maximum Gasteiger partial charge on any atom is 0.183 e. The smallest absolute Gasteiger partial charge is 0.183 e. The lowest BCUT2D eigenvalue weighted by Crippen LogP contribution is -1.98. The van der Waals surface area contributed by atoms with Crippen LogP contribution in [0.5, 0.6) is 5.75 Å². The van der Waals surface area contributed by atoms with Crippen molar-refractivity contribution >= 4 is 38.6 Å². The third kappa shape index (κ3) is 2.59. The van der Waals surface area contributed by atoms with Crippen LogP contribution in [0.25, 0.3) is 11.0 Å². The van der Waals surface area contributed by atoms with E-state index in [-0.39, 0.29) is 16.7 Å². The molecule has 0 aliphatic rings. The second kappa shape index (κ2) is 5.89. The van der Waals surface area contributed by atoms with Gasteiger partial charge in [0, 0.05) is 28.2 Å². The van der Waals surface area contributed by atoms with Crippen molar-refractivity contribution in [2.75, 3.05) is 7.11 Å². The number of benzene rings is 1.